The van der Waals surface area contributed by atoms with E-state index in [4.69, 9.17) is 4.84 Å². The number of amides is 1. The van der Waals surface area contributed by atoms with E-state index in [2.05, 4.69) is 12.4 Å². The lowest BCUT2D eigenvalue weighted by atomic mass is 10.1. The molecule has 3 heteroatoms. The molecule has 21 heavy (non-hydrogen) atoms. The molecule has 118 valence electrons. The largest absolute Gasteiger partial charge is 0.273 e. The molecule has 3 nitrogen and oxygen atoms in total. The summed E-state index contributed by atoms with van der Waals surface area (Å²) in [7, 11) is 0. The standard InChI is InChI=1S/C18H29NO2/c1-3-4-5-6-7-8-12-15-18(20)19-21-16(2)17-13-10-9-11-14-17/h9-11,13-14,16H,3-8,12,15H2,1-2H3,(H,19,20)/t16-/m1/s1. The topological polar surface area (TPSA) is 38.3 Å². The highest BCUT2D eigenvalue weighted by atomic mass is 16.7. The van der Waals surface area contributed by atoms with Gasteiger partial charge in [-0.2, -0.15) is 0 Å². The van der Waals surface area contributed by atoms with Crippen molar-refractivity contribution in [1.29, 1.82) is 0 Å². The molecule has 0 fully saturated rings. The number of hydrogen-bond donors (Lipinski definition) is 1. The zero-order chi connectivity index (χ0) is 15.3. The van der Waals surface area contributed by atoms with Crippen molar-refractivity contribution in [2.75, 3.05) is 0 Å². The fourth-order valence-corrected chi connectivity index (χ4v) is 2.24. The SMILES string of the molecule is CCCCCCCCCC(=O)NO[C@H](C)c1ccccc1. The molecule has 1 N–H and O–H groups in total. The molecule has 1 rings (SSSR count). The lowest BCUT2D eigenvalue weighted by Gasteiger charge is -2.13. The van der Waals surface area contributed by atoms with Crippen LogP contribution >= 0.6 is 0 Å². The normalized spacial score (nSPS) is 12.1. The minimum absolute atomic E-state index is 0.0219. The zero-order valence-electron chi connectivity index (χ0n) is 13.4. The number of nitrogens with one attached hydrogen (secondary N) is 1. The number of carbonyl (C=O) groups excluding carboxylic acids is 1. The molecular formula is C18H29NO2. The third-order valence-corrected chi connectivity index (χ3v) is 3.63. The molecule has 0 aliphatic heterocycles. The van der Waals surface area contributed by atoms with Crippen LogP contribution in [0.15, 0.2) is 30.3 Å². The van der Waals surface area contributed by atoms with Gasteiger partial charge in [0.15, 0.2) is 0 Å². The number of unbranched alkanes of at least 4 members (excludes halogenated alkanes) is 6. The van der Waals surface area contributed by atoms with Gasteiger partial charge in [0, 0.05) is 6.42 Å². The van der Waals surface area contributed by atoms with E-state index in [1.165, 1.54) is 32.1 Å². The Labute approximate surface area is 129 Å². The molecule has 0 aliphatic carbocycles. The van der Waals surface area contributed by atoms with Crippen molar-refractivity contribution in [2.45, 2.75) is 71.3 Å². The summed E-state index contributed by atoms with van der Waals surface area (Å²) in [5, 5.41) is 0. The molecule has 0 heterocycles. The molecule has 1 atom stereocenters. The van der Waals surface area contributed by atoms with E-state index in [1.807, 2.05) is 37.3 Å². The summed E-state index contributed by atoms with van der Waals surface area (Å²) in [5.74, 6) is -0.0219. The number of carbonyl (C=O) groups is 1. The lowest BCUT2D eigenvalue weighted by molar-refractivity contribution is -0.138. The summed E-state index contributed by atoms with van der Waals surface area (Å²) in [5.41, 5.74) is 3.62. The van der Waals surface area contributed by atoms with Gasteiger partial charge in [0.1, 0.15) is 6.10 Å². The molecule has 0 bridgehead atoms. The first kappa shape index (κ1) is 17.7. The maximum absolute atomic E-state index is 11.7. The third-order valence-electron chi connectivity index (χ3n) is 3.63. The Morgan fingerprint density at radius 1 is 1.05 bits per heavy atom. The smallest absolute Gasteiger partial charge is 0.243 e. The Morgan fingerprint density at radius 2 is 1.67 bits per heavy atom. The Kier molecular flexibility index (Phi) is 9.55. The Morgan fingerprint density at radius 3 is 2.33 bits per heavy atom. The molecule has 0 saturated carbocycles. The first-order chi connectivity index (χ1) is 10.2. The summed E-state index contributed by atoms with van der Waals surface area (Å²) in [4.78, 5) is 17.1. The summed E-state index contributed by atoms with van der Waals surface area (Å²) in [6.07, 6.45) is 8.95. The van der Waals surface area contributed by atoms with E-state index >= 15 is 0 Å². The van der Waals surface area contributed by atoms with Gasteiger partial charge >= 0.3 is 0 Å². The maximum Gasteiger partial charge on any atom is 0.243 e. The number of benzene rings is 1. The second kappa shape index (κ2) is 11.3. The third kappa shape index (κ3) is 8.51. The molecule has 1 aromatic carbocycles. The minimum Gasteiger partial charge on any atom is -0.273 e. The minimum atomic E-state index is -0.121. The fourth-order valence-electron chi connectivity index (χ4n) is 2.24. The van der Waals surface area contributed by atoms with Crippen LogP contribution in [0.25, 0.3) is 0 Å². The molecule has 0 unspecified atom stereocenters. The van der Waals surface area contributed by atoms with Gasteiger partial charge in [-0.1, -0.05) is 75.8 Å². The van der Waals surface area contributed by atoms with Crippen molar-refractivity contribution in [1.82, 2.24) is 5.48 Å². The van der Waals surface area contributed by atoms with Crippen LogP contribution in [0, 0.1) is 0 Å². The van der Waals surface area contributed by atoms with Crippen LogP contribution < -0.4 is 5.48 Å². The van der Waals surface area contributed by atoms with Crippen LogP contribution in [0.2, 0.25) is 0 Å². The molecular weight excluding hydrogens is 262 g/mol. The van der Waals surface area contributed by atoms with Gasteiger partial charge in [-0.3, -0.25) is 9.63 Å². The predicted octanol–water partition coefficient (Wildman–Crippen LogP) is 4.94. The molecule has 0 aliphatic rings. The van der Waals surface area contributed by atoms with Gasteiger partial charge in [0.2, 0.25) is 5.91 Å². The first-order valence-electron chi connectivity index (χ1n) is 8.23. The van der Waals surface area contributed by atoms with Gasteiger partial charge in [-0.05, 0) is 18.9 Å². The Hall–Kier alpha value is -1.35. The molecule has 0 spiro atoms. The maximum atomic E-state index is 11.7. The van der Waals surface area contributed by atoms with E-state index in [-0.39, 0.29) is 12.0 Å². The molecule has 1 amide bonds. The highest BCUT2D eigenvalue weighted by Crippen LogP contribution is 2.14. The van der Waals surface area contributed by atoms with E-state index in [0.717, 1.165) is 18.4 Å². The van der Waals surface area contributed by atoms with Gasteiger partial charge in [-0.25, -0.2) is 5.48 Å². The van der Waals surface area contributed by atoms with Gasteiger partial charge in [0.25, 0.3) is 0 Å². The average Bonchev–Trinajstić information content (AvgIpc) is 2.52. The van der Waals surface area contributed by atoms with Crippen molar-refractivity contribution in [3.63, 3.8) is 0 Å². The number of hydrogen-bond acceptors (Lipinski definition) is 2. The van der Waals surface area contributed by atoms with Gasteiger partial charge in [0.05, 0.1) is 0 Å². The van der Waals surface area contributed by atoms with Gasteiger partial charge < -0.3 is 0 Å². The summed E-state index contributed by atoms with van der Waals surface area (Å²) in [6, 6.07) is 9.89. The van der Waals surface area contributed by atoms with Crippen molar-refractivity contribution in [2.24, 2.45) is 0 Å². The van der Waals surface area contributed by atoms with E-state index in [1.54, 1.807) is 0 Å². The van der Waals surface area contributed by atoms with Crippen molar-refractivity contribution in [3.05, 3.63) is 35.9 Å². The average molecular weight is 291 g/mol. The molecule has 1 aromatic rings. The highest BCUT2D eigenvalue weighted by molar-refractivity contribution is 5.74. The number of rotatable bonds is 11. The van der Waals surface area contributed by atoms with E-state index in [9.17, 15) is 4.79 Å². The lowest BCUT2D eigenvalue weighted by Crippen LogP contribution is -2.24. The monoisotopic (exact) mass is 291 g/mol. The van der Waals surface area contributed by atoms with E-state index < -0.39 is 0 Å². The van der Waals surface area contributed by atoms with Crippen molar-refractivity contribution >= 4 is 5.91 Å². The Bertz CT molecular complexity index is 378. The summed E-state index contributed by atoms with van der Waals surface area (Å²) >= 11 is 0. The predicted molar refractivity (Wildman–Crippen MR) is 86.7 cm³/mol. The van der Waals surface area contributed by atoms with Crippen LogP contribution in [-0.2, 0) is 9.63 Å². The van der Waals surface area contributed by atoms with Crippen molar-refractivity contribution in [3.8, 4) is 0 Å². The fraction of sp³-hybridized carbons (Fsp3) is 0.611. The van der Waals surface area contributed by atoms with Crippen LogP contribution in [0.5, 0.6) is 0 Å². The summed E-state index contributed by atoms with van der Waals surface area (Å²) in [6.45, 7) is 4.16. The second-order valence-electron chi connectivity index (χ2n) is 5.57. The second-order valence-corrected chi connectivity index (χ2v) is 5.57. The zero-order valence-corrected chi connectivity index (χ0v) is 13.4. The van der Waals surface area contributed by atoms with Crippen molar-refractivity contribution < 1.29 is 9.63 Å². The quantitative estimate of drug-likeness (QED) is 0.463. The van der Waals surface area contributed by atoms with Crippen LogP contribution in [-0.4, -0.2) is 5.91 Å². The summed E-state index contributed by atoms with van der Waals surface area (Å²) < 4.78 is 0. The van der Waals surface area contributed by atoms with Crippen LogP contribution in [0.4, 0.5) is 0 Å². The van der Waals surface area contributed by atoms with Crippen LogP contribution in [0.3, 0.4) is 0 Å². The molecule has 0 aromatic heterocycles. The van der Waals surface area contributed by atoms with Crippen LogP contribution in [0.1, 0.15) is 76.9 Å². The number of hydroxylamine groups is 1. The highest BCUT2D eigenvalue weighted by Gasteiger charge is 2.07. The first-order valence-corrected chi connectivity index (χ1v) is 8.23. The van der Waals surface area contributed by atoms with Gasteiger partial charge in [-0.15, -0.1) is 0 Å². The Balaban J connectivity index is 2.03. The molecule has 0 radical (unpaired) electrons. The molecule has 0 saturated heterocycles. The van der Waals surface area contributed by atoms with E-state index in [0.29, 0.717) is 6.42 Å².